The van der Waals surface area contributed by atoms with Crippen LogP contribution >= 0.6 is 0 Å². The van der Waals surface area contributed by atoms with E-state index in [-0.39, 0.29) is 40.5 Å². The Kier molecular flexibility index (Phi) is 8.60. The largest absolute Gasteiger partial charge is 0.468 e. The van der Waals surface area contributed by atoms with Crippen molar-refractivity contribution >= 4 is 17.7 Å². The molecule has 2 aliphatic heterocycles. The number of ether oxygens (including phenoxy) is 2. The molecule has 0 radical (unpaired) electrons. The number of carbonyl (C=O) groups excluding carboxylic acids is 1. The van der Waals surface area contributed by atoms with Crippen LogP contribution in [0, 0.1) is 26.2 Å². The molecular weight excluding hydrogens is 611 g/mol. The van der Waals surface area contributed by atoms with Crippen LogP contribution in [0.4, 0.5) is 24.9 Å². The van der Waals surface area contributed by atoms with Crippen molar-refractivity contribution in [3.63, 3.8) is 0 Å². The van der Waals surface area contributed by atoms with Crippen LogP contribution in [0.3, 0.4) is 0 Å². The number of aromatic nitrogens is 4. The molecule has 248 valence electrons. The molecule has 13 heteroatoms. The summed E-state index contributed by atoms with van der Waals surface area (Å²) in [7, 11) is 1.38. The molecule has 0 saturated carbocycles. The van der Waals surface area contributed by atoms with E-state index >= 15 is 0 Å². The molecule has 1 unspecified atom stereocenters. The molecule has 2 atom stereocenters. The summed E-state index contributed by atoms with van der Waals surface area (Å²) in [5.74, 6) is -0.379. The number of benzene rings is 2. The lowest BCUT2D eigenvalue weighted by molar-refractivity contribution is -0.198. The summed E-state index contributed by atoms with van der Waals surface area (Å²) in [4.78, 5) is 22.4. The molecule has 2 saturated heterocycles. The van der Waals surface area contributed by atoms with E-state index in [4.69, 9.17) is 15.2 Å². The Morgan fingerprint density at radius 1 is 1.02 bits per heavy atom. The number of methoxy groups -OCH3 is 1. The number of esters is 1. The number of hydrogen-bond donors (Lipinski definition) is 2. The molecule has 3 N–H and O–H groups in total. The van der Waals surface area contributed by atoms with Crippen molar-refractivity contribution in [2.45, 2.75) is 58.4 Å². The fourth-order valence-electron chi connectivity index (χ4n) is 6.51. The van der Waals surface area contributed by atoms with Crippen molar-refractivity contribution < 1.29 is 27.4 Å². The highest BCUT2D eigenvalue weighted by atomic mass is 19.4. The molecule has 0 aliphatic carbocycles. The minimum absolute atomic E-state index is 0.0701. The fraction of sp³-hybridized carbons (Fsp3) is 0.412. The van der Waals surface area contributed by atoms with Gasteiger partial charge in [0, 0.05) is 37.5 Å². The molecule has 2 aliphatic rings. The summed E-state index contributed by atoms with van der Waals surface area (Å²) in [6, 6.07) is 13.5. The Balaban J connectivity index is 1.29. The van der Waals surface area contributed by atoms with Crippen LogP contribution in [-0.4, -0.2) is 64.7 Å². The SMILES string of the molecule is COC(=O)[C@@H]1CC2(CCN(c3cc(OC(c4ccc(-c5ccc(C)c(C)c5)cc4-n4ccc(C)n4)C(F)(F)F)nc(N)n3)CC2)CN1. The van der Waals surface area contributed by atoms with Crippen LogP contribution in [0.5, 0.6) is 5.88 Å². The second-order valence-electron chi connectivity index (χ2n) is 12.6. The predicted octanol–water partition coefficient (Wildman–Crippen LogP) is 5.64. The number of halogens is 3. The maximum absolute atomic E-state index is 14.9. The highest BCUT2D eigenvalue weighted by Gasteiger charge is 2.46. The normalized spacial score (nSPS) is 18.4. The Morgan fingerprint density at radius 3 is 2.40 bits per heavy atom. The van der Waals surface area contributed by atoms with Crippen molar-refractivity contribution in [2.24, 2.45) is 5.41 Å². The molecule has 2 fully saturated rings. The van der Waals surface area contributed by atoms with Gasteiger partial charge in [-0.2, -0.15) is 28.2 Å². The summed E-state index contributed by atoms with van der Waals surface area (Å²) < 4.78 is 56.6. The number of piperidine rings is 1. The predicted molar refractivity (Wildman–Crippen MR) is 171 cm³/mol. The molecule has 0 amide bonds. The Hall–Kier alpha value is -4.65. The third-order valence-electron chi connectivity index (χ3n) is 9.36. The Morgan fingerprint density at radius 2 is 1.74 bits per heavy atom. The maximum Gasteiger partial charge on any atom is 0.429 e. The van der Waals surface area contributed by atoms with Crippen LogP contribution in [0.15, 0.2) is 54.7 Å². The molecular formula is C34H38F3N7O3. The van der Waals surface area contributed by atoms with Gasteiger partial charge < -0.3 is 25.4 Å². The van der Waals surface area contributed by atoms with Gasteiger partial charge in [0.05, 0.1) is 18.5 Å². The van der Waals surface area contributed by atoms with Gasteiger partial charge in [-0.15, -0.1) is 0 Å². The first-order valence-corrected chi connectivity index (χ1v) is 15.5. The third-order valence-corrected chi connectivity index (χ3v) is 9.36. The number of nitrogens with zero attached hydrogens (tertiary/aromatic N) is 5. The van der Waals surface area contributed by atoms with Gasteiger partial charge in [0.1, 0.15) is 11.9 Å². The number of nitrogens with two attached hydrogens (primary N) is 1. The number of rotatable bonds is 7. The molecule has 0 bridgehead atoms. The van der Waals surface area contributed by atoms with E-state index in [2.05, 4.69) is 20.4 Å². The fourth-order valence-corrected chi connectivity index (χ4v) is 6.51. The average Bonchev–Trinajstić information content (AvgIpc) is 3.66. The smallest absolute Gasteiger partial charge is 0.429 e. The summed E-state index contributed by atoms with van der Waals surface area (Å²) in [5, 5.41) is 7.68. The van der Waals surface area contributed by atoms with E-state index in [1.165, 1.54) is 23.9 Å². The zero-order chi connectivity index (χ0) is 33.5. The minimum atomic E-state index is -4.80. The van der Waals surface area contributed by atoms with E-state index in [1.54, 1.807) is 31.3 Å². The van der Waals surface area contributed by atoms with Crippen molar-refractivity contribution in [1.82, 2.24) is 25.1 Å². The van der Waals surface area contributed by atoms with Gasteiger partial charge in [-0.1, -0.05) is 30.3 Å². The van der Waals surface area contributed by atoms with Crippen LogP contribution < -0.4 is 20.7 Å². The quantitative estimate of drug-likeness (QED) is 0.245. The molecule has 4 heterocycles. The lowest BCUT2D eigenvalue weighted by Gasteiger charge is -2.39. The summed E-state index contributed by atoms with van der Waals surface area (Å²) in [5.41, 5.74) is 10.5. The van der Waals surface area contributed by atoms with Gasteiger partial charge in [-0.3, -0.25) is 4.79 Å². The molecule has 6 rings (SSSR count). The van der Waals surface area contributed by atoms with Crippen molar-refractivity contribution in [3.05, 3.63) is 77.1 Å². The van der Waals surface area contributed by atoms with Gasteiger partial charge in [0.2, 0.25) is 17.9 Å². The van der Waals surface area contributed by atoms with Gasteiger partial charge in [-0.05, 0) is 79.8 Å². The van der Waals surface area contributed by atoms with E-state index in [9.17, 15) is 18.0 Å². The number of carbonyl (C=O) groups is 1. The highest BCUT2D eigenvalue weighted by Crippen LogP contribution is 2.43. The molecule has 2 aromatic carbocycles. The first kappa shape index (κ1) is 32.3. The van der Waals surface area contributed by atoms with E-state index in [0.717, 1.165) is 35.1 Å². The van der Waals surface area contributed by atoms with Gasteiger partial charge >= 0.3 is 12.1 Å². The van der Waals surface area contributed by atoms with Crippen LogP contribution in [-0.2, 0) is 9.53 Å². The standard InChI is InChI=1S/C34H38F3N7O3/c1-20-5-6-23(15-21(20)2)24-7-8-25(27(16-24)44-12-9-22(3)42-44)30(34(35,36)37)47-29-17-28(40-32(38)41-29)43-13-10-33(11-14-43)18-26(39-19-33)31(45)46-4/h5-9,12,15-17,26,30,39H,10-11,13-14,18-19H2,1-4H3,(H2,38,40,41)/t26-,30?/m0/s1. The third kappa shape index (κ3) is 6.76. The molecule has 47 heavy (non-hydrogen) atoms. The van der Waals surface area contributed by atoms with Crippen molar-refractivity contribution in [2.75, 3.05) is 37.4 Å². The van der Waals surface area contributed by atoms with Crippen LogP contribution in [0.25, 0.3) is 16.8 Å². The van der Waals surface area contributed by atoms with E-state index in [0.29, 0.717) is 37.6 Å². The second kappa shape index (κ2) is 12.5. The summed E-state index contributed by atoms with van der Waals surface area (Å²) in [6.45, 7) is 7.62. The number of nitrogens with one attached hydrogen (secondary N) is 1. The number of aryl methyl sites for hydroxylation is 3. The van der Waals surface area contributed by atoms with Crippen molar-refractivity contribution in [1.29, 1.82) is 0 Å². The number of hydrogen-bond acceptors (Lipinski definition) is 9. The Bertz CT molecular complexity index is 1780. The molecule has 10 nitrogen and oxygen atoms in total. The monoisotopic (exact) mass is 649 g/mol. The van der Waals surface area contributed by atoms with Gasteiger partial charge in [0.25, 0.3) is 0 Å². The number of anilines is 2. The number of alkyl halides is 3. The van der Waals surface area contributed by atoms with E-state index < -0.39 is 12.3 Å². The highest BCUT2D eigenvalue weighted by molar-refractivity contribution is 5.76. The zero-order valence-electron chi connectivity index (χ0n) is 26.8. The lowest BCUT2D eigenvalue weighted by Crippen LogP contribution is -2.41. The molecule has 4 aromatic rings. The molecule has 1 spiro atoms. The minimum Gasteiger partial charge on any atom is -0.468 e. The zero-order valence-corrected chi connectivity index (χ0v) is 26.8. The second-order valence-corrected chi connectivity index (χ2v) is 12.6. The summed E-state index contributed by atoms with van der Waals surface area (Å²) in [6.07, 6.45) is -3.36. The first-order chi connectivity index (χ1) is 22.3. The number of nitrogen functional groups attached to an aromatic ring is 1. The summed E-state index contributed by atoms with van der Waals surface area (Å²) >= 11 is 0. The average molecular weight is 650 g/mol. The lowest BCUT2D eigenvalue weighted by atomic mass is 9.76. The van der Waals surface area contributed by atoms with Crippen LogP contribution in [0.1, 0.15) is 47.8 Å². The Labute approximate surface area is 271 Å². The molecule has 2 aromatic heterocycles. The maximum atomic E-state index is 14.9. The first-order valence-electron chi connectivity index (χ1n) is 15.5. The topological polar surface area (TPSA) is 120 Å². The van der Waals surface area contributed by atoms with Gasteiger partial charge in [-0.25, -0.2) is 4.68 Å². The van der Waals surface area contributed by atoms with Crippen molar-refractivity contribution in [3.8, 4) is 22.7 Å². The van der Waals surface area contributed by atoms with E-state index in [1.807, 2.05) is 36.9 Å². The van der Waals surface area contributed by atoms with Crippen LogP contribution in [0.2, 0.25) is 0 Å². The van der Waals surface area contributed by atoms with Gasteiger partial charge in [0.15, 0.2) is 0 Å².